The molecule has 4 nitrogen and oxygen atoms in total. The molecule has 3 aromatic rings. The maximum atomic E-state index is 6.01. The second-order valence-corrected chi connectivity index (χ2v) is 8.79. The average Bonchev–Trinajstić information content (AvgIpc) is 3.12. The second kappa shape index (κ2) is 9.37. The fourth-order valence-electron chi connectivity index (χ4n) is 3.18. The lowest BCUT2D eigenvalue weighted by Gasteiger charge is -2.26. The molecule has 7 heteroatoms. The van der Waals surface area contributed by atoms with Gasteiger partial charge in [-0.3, -0.25) is 4.90 Å². The van der Waals surface area contributed by atoms with Crippen LogP contribution in [0, 0.1) is 0 Å². The normalized spacial score (nSPS) is 15.9. The van der Waals surface area contributed by atoms with E-state index in [1.165, 1.54) is 11.3 Å². The van der Waals surface area contributed by atoms with E-state index in [1.54, 1.807) is 11.3 Å². The predicted octanol–water partition coefficient (Wildman–Crippen LogP) is 5.20. The number of halogens is 2. The molecular formula is C21H21BrClN3OS. The Morgan fingerprint density at radius 3 is 2.43 bits per heavy atom. The van der Waals surface area contributed by atoms with Crippen LogP contribution in [0.15, 0.2) is 63.4 Å². The van der Waals surface area contributed by atoms with Gasteiger partial charge in [0.15, 0.2) is 4.80 Å². The molecule has 0 N–H and O–H groups in total. The molecule has 0 aliphatic carbocycles. The zero-order valence-corrected chi connectivity index (χ0v) is 18.5. The molecule has 0 bridgehead atoms. The minimum absolute atomic E-state index is 0.723. The SMILES string of the molecule is Clc1ccc(N=c2scc(-c3ccc(Br)cc3)n2CCN2CCOCC2)cc1. The lowest BCUT2D eigenvalue weighted by Crippen LogP contribution is -2.39. The first-order valence-electron chi connectivity index (χ1n) is 9.24. The lowest BCUT2D eigenvalue weighted by atomic mass is 10.2. The van der Waals surface area contributed by atoms with Crippen LogP contribution in [0.2, 0.25) is 5.02 Å². The Balaban J connectivity index is 1.68. The predicted molar refractivity (Wildman–Crippen MR) is 119 cm³/mol. The largest absolute Gasteiger partial charge is 0.379 e. The summed E-state index contributed by atoms with van der Waals surface area (Å²) in [6.45, 7) is 5.48. The number of nitrogens with zero attached hydrogens (tertiary/aromatic N) is 3. The van der Waals surface area contributed by atoms with Crippen molar-refractivity contribution < 1.29 is 4.74 Å². The highest BCUT2D eigenvalue weighted by Crippen LogP contribution is 2.23. The third-order valence-electron chi connectivity index (χ3n) is 4.73. The van der Waals surface area contributed by atoms with Gasteiger partial charge < -0.3 is 9.30 Å². The van der Waals surface area contributed by atoms with E-state index in [9.17, 15) is 0 Å². The van der Waals surface area contributed by atoms with Gasteiger partial charge in [-0.05, 0) is 42.0 Å². The van der Waals surface area contributed by atoms with Gasteiger partial charge in [0.2, 0.25) is 0 Å². The van der Waals surface area contributed by atoms with Gasteiger partial charge in [-0.2, -0.15) is 0 Å². The summed E-state index contributed by atoms with van der Waals surface area (Å²) in [5, 5.41) is 2.91. The van der Waals surface area contributed by atoms with Gasteiger partial charge in [-0.15, -0.1) is 11.3 Å². The molecule has 0 spiro atoms. The number of hydrogen-bond acceptors (Lipinski definition) is 4. The number of morpholine rings is 1. The smallest absolute Gasteiger partial charge is 0.190 e. The van der Waals surface area contributed by atoms with Gasteiger partial charge in [0.1, 0.15) is 0 Å². The molecule has 1 fully saturated rings. The summed E-state index contributed by atoms with van der Waals surface area (Å²) in [5.41, 5.74) is 3.30. The number of rotatable bonds is 5. The van der Waals surface area contributed by atoms with Crippen molar-refractivity contribution in [2.45, 2.75) is 6.54 Å². The Hall–Kier alpha value is -1.44. The van der Waals surface area contributed by atoms with Crippen LogP contribution in [0.25, 0.3) is 11.3 Å². The van der Waals surface area contributed by atoms with Crippen LogP contribution in [-0.4, -0.2) is 42.3 Å². The second-order valence-electron chi connectivity index (χ2n) is 6.60. The molecule has 0 saturated carbocycles. The first kappa shape index (κ1) is 19.9. The molecule has 2 heterocycles. The van der Waals surface area contributed by atoms with Crippen molar-refractivity contribution in [3.63, 3.8) is 0 Å². The quantitative estimate of drug-likeness (QED) is 0.505. The fraction of sp³-hybridized carbons (Fsp3) is 0.286. The lowest BCUT2D eigenvalue weighted by molar-refractivity contribution is 0.0363. The van der Waals surface area contributed by atoms with E-state index in [0.717, 1.165) is 59.4 Å². The van der Waals surface area contributed by atoms with Gasteiger partial charge in [0.25, 0.3) is 0 Å². The van der Waals surface area contributed by atoms with Crippen molar-refractivity contribution in [2.24, 2.45) is 4.99 Å². The summed E-state index contributed by atoms with van der Waals surface area (Å²) < 4.78 is 8.87. The zero-order valence-electron chi connectivity index (χ0n) is 15.4. The highest BCUT2D eigenvalue weighted by molar-refractivity contribution is 9.10. The van der Waals surface area contributed by atoms with Crippen molar-refractivity contribution in [3.8, 4) is 11.3 Å². The molecule has 146 valence electrons. The van der Waals surface area contributed by atoms with Crippen LogP contribution in [0.4, 0.5) is 5.69 Å². The molecule has 1 aromatic heterocycles. The van der Waals surface area contributed by atoms with E-state index in [1.807, 2.05) is 24.3 Å². The van der Waals surface area contributed by atoms with Crippen molar-refractivity contribution in [2.75, 3.05) is 32.8 Å². The first-order chi connectivity index (χ1) is 13.7. The third-order valence-corrected chi connectivity index (χ3v) is 6.38. The van der Waals surface area contributed by atoms with E-state index in [-0.39, 0.29) is 0 Å². The minimum Gasteiger partial charge on any atom is -0.379 e. The number of thiazole rings is 1. The summed E-state index contributed by atoms with van der Waals surface area (Å²) in [5.74, 6) is 0. The van der Waals surface area contributed by atoms with Crippen LogP contribution in [0.5, 0.6) is 0 Å². The Morgan fingerprint density at radius 2 is 1.71 bits per heavy atom. The standard InChI is InChI=1S/C21H21BrClN3OS/c22-17-3-1-16(2-4-17)20-15-28-21(24-19-7-5-18(23)6-8-19)26(20)10-9-25-11-13-27-14-12-25/h1-8,15H,9-14H2. The third kappa shape index (κ3) is 4.93. The van der Waals surface area contributed by atoms with Crippen molar-refractivity contribution in [1.29, 1.82) is 0 Å². The number of hydrogen-bond donors (Lipinski definition) is 0. The van der Waals surface area contributed by atoms with E-state index in [2.05, 4.69) is 55.0 Å². The molecule has 0 amide bonds. The van der Waals surface area contributed by atoms with Gasteiger partial charge in [0, 0.05) is 41.1 Å². The van der Waals surface area contributed by atoms with E-state index in [0.29, 0.717) is 0 Å². The molecule has 1 aliphatic heterocycles. The zero-order chi connectivity index (χ0) is 19.3. The van der Waals surface area contributed by atoms with Crippen LogP contribution in [0.3, 0.4) is 0 Å². The highest BCUT2D eigenvalue weighted by atomic mass is 79.9. The van der Waals surface area contributed by atoms with Crippen molar-refractivity contribution in [1.82, 2.24) is 9.47 Å². The topological polar surface area (TPSA) is 29.8 Å². The first-order valence-corrected chi connectivity index (χ1v) is 11.3. The summed E-state index contributed by atoms with van der Waals surface area (Å²) >= 11 is 11.2. The van der Waals surface area contributed by atoms with Crippen LogP contribution >= 0.6 is 38.9 Å². The Morgan fingerprint density at radius 1 is 1.00 bits per heavy atom. The molecule has 28 heavy (non-hydrogen) atoms. The molecule has 0 unspecified atom stereocenters. The number of aromatic nitrogens is 1. The summed E-state index contributed by atoms with van der Waals surface area (Å²) in [6, 6.07) is 16.1. The fourth-order valence-corrected chi connectivity index (χ4v) is 4.52. The van der Waals surface area contributed by atoms with E-state index < -0.39 is 0 Å². The summed E-state index contributed by atoms with van der Waals surface area (Å²) in [4.78, 5) is 8.32. The number of benzene rings is 2. The molecule has 1 aliphatic rings. The molecule has 2 aromatic carbocycles. The highest BCUT2D eigenvalue weighted by Gasteiger charge is 2.13. The molecule has 1 saturated heterocycles. The van der Waals surface area contributed by atoms with Gasteiger partial charge in [-0.25, -0.2) is 4.99 Å². The Labute approximate surface area is 182 Å². The monoisotopic (exact) mass is 477 g/mol. The van der Waals surface area contributed by atoms with Gasteiger partial charge in [0.05, 0.1) is 24.6 Å². The molecule has 0 radical (unpaired) electrons. The van der Waals surface area contributed by atoms with Gasteiger partial charge >= 0.3 is 0 Å². The Kier molecular flexibility index (Phi) is 6.65. The van der Waals surface area contributed by atoms with E-state index >= 15 is 0 Å². The van der Waals surface area contributed by atoms with Crippen molar-refractivity contribution >= 4 is 44.6 Å². The summed E-state index contributed by atoms with van der Waals surface area (Å²) in [6.07, 6.45) is 0. The van der Waals surface area contributed by atoms with Gasteiger partial charge in [-0.1, -0.05) is 39.7 Å². The van der Waals surface area contributed by atoms with Crippen molar-refractivity contribution in [3.05, 3.63) is 68.2 Å². The maximum Gasteiger partial charge on any atom is 0.190 e. The molecule has 4 rings (SSSR count). The van der Waals surface area contributed by atoms with E-state index in [4.69, 9.17) is 21.3 Å². The number of ether oxygens (including phenoxy) is 1. The van der Waals surface area contributed by atoms with Crippen LogP contribution in [0.1, 0.15) is 0 Å². The molecule has 0 atom stereocenters. The summed E-state index contributed by atoms with van der Waals surface area (Å²) in [7, 11) is 0. The maximum absolute atomic E-state index is 6.01. The van der Waals surface area contributed by atoms with Crippen LogP contribution < -0.4 is 4.80 Å². The minimum atomic E-state index is 0.723. The average molecular weight is 479 g/mol. The Bertz CT molecular complexity index is 976. The van der Waals surface area contributed by atoms with Crippen LogP contribution in [-0.2, 0) is 11.3 Å². The molecular weight excluding hydrogens is 458 g/mol.